The Bertz CT molecular complexity index is 1060. The Morgan fingerprint density at radius 2 is 1.77 bits per heavy atom. The van der Waals surface area contributed by atoms with Crippen molar-refractivity contribution < 1.29 is 23.8 Å². The van der Waals surface area contributed by atoms with Crippen LogP contribution >= 0.6 is 23.2 Å². The molecule has 8 heteroatoms. The summed E-state index contributed by atoms with van der Waals surface area (Å²) in [5, 5.41) is 12.8. The highest BCUT2D eigenvalue weighted by Gasteiger charge is 2.12. The summed E-state index contributed by atoms with van der Waals surface area (Å²) in [5.74, 6) is -0.437. The Hall–Kier alpha value is -2.96. The molecule has 0 saturated carbocycles. The molecule has 0 fully saturated rings. The quantitative estimate of drug-likeness (QED) is 0.439. The number of benzene rings is 3. The van der Waals surface area contributed by atoms with Crippen LogP contribution in [0.25, 0.3) is 0 Å². The Morgan fingerprint density at radius 1 is 1.03 bits per heavy atom. The average Bonchev–Trinajstić information content (AvgIpc) is 2.72. The van der Waals surface area contributed by atoms with E-state index in [9.17, 15) is 9.18 Å². The van der Waals surface area contributed by atoms with E-state index in [-0.39, 0.29) is 23.0 Å². The fourth-order valence-electron chi connectivity index (χ4n) is 2.72. The summed E-state index contributed by atoms with van der Waals surface area (Å²) in [7, 11) is 1.52. The summed E-state index contributed by atoms with van der Waals surface area (Å²) >= 11 is 12.4. The third kappa shape index (κ3) is 5.34. The van der Waals surface area contributed by atoms with Gasteiger partial charge >= 0.3 is 5.97 Å². The first-order valence-corrected chi connectivity index (χ1v) is 9.63. The second-order valence-electron chi connectivity index (χ2n) is 6.36. The zero-order chi connectivity index (χ0) is 21.7. The molecule has 0 amide bonds. The van der Waals surface area contributed by atoms with Gasteiger partial charge in [0.2, 0.25) is 0 Å². The number of methoxy groups -OCH3 is 1. The number of aromatic carboxylic acids is 1. The van der Waals surface area contributed by atoms with Crippen molar-refractivity contribution in [1.82, 2.24) is 0 Å². The van der Waals surface area contributed by atoms with Gasteiger partial charge in [-0.05, 0) is 47.5 Å². The highest BCUT2D eigenvalue weighted by Crippen LogP contribution is 2.34. The molecule has 0 unspecified atom stereocenters. The summed E-state index contributed by atoms with van der Waals surface area (Å²) in [6, 6.07) is 14.0. The summed E-state index contributed by atoms with van der Waals surface area (Å²) in [6.07, 6.45) is 0. The second kappa shape index (κ2) is 9.69. The van der Waals surface area contributed by atoms with E-state index < -0.39 is 5.97 Å². The van der Waals surface area contributed by atoms with Crippen LogP contribution in [0.3, 0.4) is 0 Å². The van der Waals surface area contributed by atoms with Gasteiger partial charge in [-0.2, -0.15) is 0 Å². The predicted molar refractivity (Wildman–Crippen MR) is 114 cm³/mol. The third-order valence-corrected chi connectivity index (χ3v) is 4.99. The Balaban J connectivity index is 1.71. The summed E-state index contributed by atoms with van der Waals surface area (Å²) in [4.78, 5) is 11.1. The summed E-state index contributed by atoms with van der Waals surface area (Å²) in [5.41, 5.74) is 2.24. The van der Waals surface area contributed by atoms with Gasteiger partial charge in [0.1, 0.15) is 12.4 Å². The molecular formula is C22H18Cl2FNO4. The first-order valence-electron chi connectivity index (χ1n) is 8.87. The van der Waals surface area contributed by atoms with E-state index in [1.807, 2.05) is 0 Å². The van der Waals surface area contributed by atoms with E-state index >= 15 is 0 Å². The number of anilines is 1. The molecule has 0 bridgehead atoms. The second-order valence-corrected chi connectivity index (χ2v) is 7.18. The highest BCUT2D eigenvalue weighted by molar-refractivity contribution is 6.33. The molecular weight excluding hydrogens is 432 g/mol. The molecule has 3 rings (SSSR count). The van der Waals surface area contributed by atoms with Gasteiger partial charge in [0.15, 0.2) is 11.5 Å². The first-order chi connectivity index (χ1) is 14.4. The van der Waals surface area contributed by atoms with Crippen LogP contribution in [0.4, 0.5) is 10.1 Å². The van der Waals surface area contributed by atoms with E-state index in [0.29, 0.717) is 28.8 Å². The molecule has 3 aromatic carbocycles. The SMILES string of the molecule is COc1cc(CNc2ccc(C(=O)O)c(Cl)c2)c(Cl)cc1OCc1ccc(F)cc1. The van der Waals surface area contributed by atoms with Crippen LogP contribution in [0.15, 0.2) is 54.6 Å². The van der Waals surface area contributed by atoms with Gasteiger partial charge in [-0.3, -0.25) is 0 Å². The summed E-state index contributed by atoms with van der Waals surface area (Å²) in [6.45, 7) is 0.592. The fourth-order valence-corrected chi connectivity index (χ4v) is 3.20. The predicted octanol–water partition coefficient (Wildman–Crippen LogP) is 6.03. The van der Waals surface area contributed by atoms with Crippen molar-refractivity contribution in [2.24, 2.45) is 0 Å². The number of nitrogens with one attached hydrogen (secondary N) is 1. The van der Waals surface area contributed by atoms with Crippen LogP contribution in [-0.2, 0) is 13.2 Å². The van der Waals surface area contributed by atoms with Crippen LogP contribution in [0.1, 0.15) is 21.5 Å². The highest BCUT2D eigenvalue weighted by atomic mass is 35.5. The lowest BCUT2D eigenvalue weighted by Crippen LogP contribution is -2.04. The number of halogens is 3. The van der Waals surface area contributed by atoms with Gasteiger partial charge in [0.25, 0.3) is 0 Å². The Kier molecular flexibility index (Phi) is 7.03. The molecule has 0 aliphatic heterocycles. The maximum absolute atomic E-state index is 13.0. The maximum Gasteiger partial charge on any atom is 0.337 e. The normalized spacial score (nSPS) is 10.5. The molecule has 0 aromatic heterocycles. The minimum absolute atomic E-state index is 0.0320. The molecule has 0 radical (unpaired) electrons. The minimum atomic E-state index is -1.09. The van der Waals surface area contributed by atoms with Crippen LogP contribution < -0.4 is 14.8 Å². The molecule has 0 aliphatic carbocycles. The van der Waals surface area contributed by atoms with Crippen LogP contribution in [0, 0.1) is 5.82 Å². The van der Waals surface area contributed by atoms with Gasteiger partial charge in [-0.1, -0.05) is 35.3 Å². The van der Waals surface area contributed by atoms with E-state index in [4.69, 9.17) is 37.8 Å². The van der Waals surface area contributed by atoms with Crippen molar-refractivity contribution in [2.75, 3.05) is 12.4 Å². The van der Waals surface area contributed by atoms with Gasteiger partial charge in [0.05, 0.1) is 17.7 Å². The molecule has 5 nitrogen and oxygen atoms in total. The fraction of sp³-hybridized carbons (Fsp3) is 0.136. The number of carbonyl (C=O) groups is 1. The van der Waals surface area contributed by atoms with Gasteiger partial charge < -0.3 is 19.9 Å². The topological polar surface area (TPSA) is 67.8 Å². The number of carboxylic acid groups (broad SMARTS) is 1. The first kappa shape index (κ1) is 21.7. The zero-order valence-electron chi connectivity index (χ0n) is 15.9. The number of ether oxygens (including phenoxy) is 2. The van der Waals surface area contributed by atoms with E-state index in [1.54, 1.807) is 30.3 Å². The van der Waals surface area contributed by atoms with E-state index in [2.05, 4.69) is 5.32 Å². The van der Waals surface area contributed by atoms with Gasteiger partial charge in [-0.15, -0.1) is 0 Å². The lowest BCUT2D eigenvalue weighted by molar-refractivity contribution is 0.0697. The van der Waals surface area contributed by atoms with Gasteiger partial charge in [-0.25, -0.2) is 9.18 Å². The smallest absolute Gasteiger partial charge is 0.337 e. The van der Waals surface area contributed by atoms with Crippen LogP contribution in [0.2, 0.25) is 10.0 Å². The summed E-state index contributed by atoms with van der Waals surface area (Å²) < 4.78 is 24.2. The van der Waals surface area contributed by atoms with Crippen LogP contribution in [0.5, 0.6) is 11.5 Å². The molecule has 0 heterocycles. The van der Waals surface area contributed by atoms with Crippen LogP contribution in [-0.4, -0.2) is 18.2 Å². The number of carboxylic acids is 1. The van der Waals surface area contributed by atoms with Crippen molar-refractivity contribution in [3.05, 3.63) is 87.2 Å². The maximum atomic E-state index is 13.0. The molecule has 3 aromatic rings. The molecule has 0 aliphatic rings. The molecule has 30 heavy (non-hydrogen) atoms. The number of hydrogen-bond donors (Lipinski definition) is 2. The standard InChI is InChI=1S/C22H18Cl2FNO4/c1-29-20-8-14(11-26-16-6-7-17(22(27)28)19(24)9-16)18(23)10-21(20)30-12-13-2-4-15(25)5-3-13/h2-10,26H,11-12H2,1H3,(H,27,28). The molecule has 0 atom stereocenters. The van der Waals surface area contributed by atoms with E-state index in [1.165, 1.54) is 31.4 Å². The lowest BCUT2D eigenvalue weighted by atomic mass is 10.1. The zero-order valence-corrected chi connectivity index (χ0v) is 17.4. The Morgan fingerprint density at radius 3 is 2.40 bits per heavy atom. The molecule has 0 saturated heterocycles. The number of rotatable bonds is 8. The van der Waals surface area contributed by atoms with Crippen molar-refractivity contribution in [2.45, 2.75) is 13.2 Å². The van der Waals surface area contributed by atoms with Crippen molar-refractivity contribution in [1.29, 1.82) is 0 Å². The molecule has 0 spiro atoms. The van der Waals surface area contributed by atoms with E-state index in [0.717, 1.165) is 11.1 Å². The average molecular weight is 450 g/mol. The van der Waals surface area contributed by atoms with Crippen molar-refractivity contribution in [3.8, 4) is 11.5 Å². The Labute approximate surface area is 183 Å². The number of hydrogen-bond acceptors (Lipinski definition) is 4. The van der Waals surface area contributed by atoms with Crippen molar-refractivity contribution >= 4 is 34.9 Å². The molecule has 2 N–H and O–H groups in total. The largest absolute Gasteiger partial charge is 0.493 e. The minimum Gasteiger partial charge on any atom is -0.493 e. The monoisotopic (exact) mass is 449 g/mol. The molecule has 156 valence electrons. The van der Waals surface area contributed by atoms with Crippen molar-refractivity contribution in [3.63, 3.8) is 0 Å². The lowest BCUT2D eigenvalue weighted by Gasteiger charge is -2.15. The van der Waals surface area contributed by atoms with Gasteiger partial charge in [0, 0.05) is 23.3 Å². The third-order valence-electron chi connectivity index (χ3n) is 4.32.